The van der Waals surface area contributed by atoms with Crippen molar-refractivity contribution in [2.45, 2.75) is 0 Å². The number of aromatic nitrogens is 2. The van der Waals surface area contributed by atoms with Crippen LogP contribution in [0.15, 0.2) is 30.6 Å². The Kier molecular flexibility index (Phi) is 1.45. The van der Waals surface area contributed by atoms with Crippen LogP contribution in [-0.4, -0.2) is 15.0 Å². The van der Waals surface area contributed by atoms with Gasteiger partial charge in [0.2, 0.25) is 6.20 Å². The summed E-state index contributed by atoms with van der Waals surface area (Å²) in [6, 6.07) is 4.46. The predicted molar refractivity (Wildman–Crippen MR) is 44.2 cm³/mol. The van der Waals surface area contributed by atoms with Gasteiger partial charge in [-0.05, 0) is 12.1 Å². The molecule has 66 valence electrons. The van der Waals surface area contributed by atoms with Gasteiger partial charge in [-0.1, -0.05) is 6.07 Å². The Bertz CT molecular complexity index is 518. The molecule has 1 aromatic carbocycles. The highest BCUT2D eigenvalue weighted by molar-refractivity contribution is 5.77. The summed E-state index contributed by atoms with van der Waals surface area (Å²) in [5, 5.41) is 18.6. The van der Waals surface area contributed by atoms with Crippen LogP contribution in [-0.2, 0) is 0 Å². The summed E-state index contributed by atoms with van der Waals surface area (Å²) in [5.41, 5.74) is 0.310. The van der Waals surface area contributed by atoms with Crippen molar-refractivity contribution in [3.63, 3.8) is 0 Å². The van der Waals surface area contributed by atoms with Crippen LogP contribution in [0.25, 0.3) is 11.0 Å². The van der Waals surface area contributed by atoms with Gasteiger partial charge in [0.1, 0.15) is 6.20 Å². The molecule has 5 nitrogen and oxygen atoms in total. The normalized spacial score (nSPS) is 10.5. The summed E-state index contributed by atoms with van der Waals surface area (Å²) in [6.45, 7) is 0. The molecule has 0 saturated carbocycles. The molecule has 2 aromatic rings. The second-order valence-electron chi connectivity index (χ2n) is 2.61. The van der Waals surface area contributed by atoms with E-state index in [0.717, 1.165) is 10.9 Å². The number of hydrogen-bond donors (Lipinski definition) is 2. The highest BCUT2D eigenvalue weighted by Crippen LogP contribution is 2.18. The average molecular weight is 179 g/mol. The van der Waals surface area contributed by atoms with Crippen molar-refractivity contribution in [1.82, 2.24) is 4.73 Å². The van der Waals surface area contributed by atoms with Crippen LogP contribution in [0.3, 0.4) is 0 Å². The first-order valence-corrected chi connectivity index (χ1v) is 3.65. The first kappa shape index (κ1) is 7.60. The highest BCUT2D eigenvalue weighted by atomic mass is 16.5. The van der Waals surface area contributed by atoms with E-state index in [4.69, 9.17) is 0 Å². The van der Waals surface area contributed by atoms with Crippen molar-refractivity contribution in [3.05, 3.63) is 35.5 Å². The quantitative estimate of drug-likeness (QED) is 0.457. The van der Waals surface area contributed by atoms with E-state index in [1.54, 1.807) is 6.07 Å². The number of phenolic OH excluding ortho intramolecular Hbond substituents is 1. The van der Waals surface area contributed by atoms with Crippen LogP contribution in [0.2, 0.25) is 0 Å². The first-order valence-electron chi connectivity index (χ1n) is 3.65. The molecule has 0 radical (unpaired) electrons. The van der Waals surface area contributed by atoms with Gasteiger partial charge in [0.05, 0.1) is 4.43 Å². The molecule has 0 aliphatic carbocycles. The van der Waals surface area contributed by atoms with Gasteiger partial charge in [-0.25, -0.2) is 0 Å². The number of phenols is 1. The van der Waals surface area contributed by atoms with E-state index in [-0.39, 0.29) is 16.8 Å². The molecule has 0 bridgehead atoms. The maximum Gasteiger partial charge on any atom is 0.330 e. The van der Waals surface area contributed by atoms with E-state index in [2.05, 4.69) is 0 Å². The zero-order valence-electron chi connectivity index (χ0n) is 6.58. The third-order valence-electron chi connectivity index (χ3n) is 1.80. The summed E-state index contributed by atoms with van der Waals surface area (Å²) in [7, 11) is 0. The van der Waals surface area contributed by atoms with E-state index in [1.165, 1.54) is 18.3 Å². The van der Waals surface area contributed by atoms with Gasteiger partial charge in [0.25, 0.3) is 0 Å². The van der Waals surface area contributed by atoms with Gasteiger partial charge in [-0.2, -0.15) is 4.73 Å². The van der Waals surface area contributed by atoms with Gasteiger partial charge in [0.15, 0.2) is 11.3 Å². The van der Waals surface area contributed by atoms with Gasteiger partial charge in [-0.15, -0.1) is 0 Å². The topological polar surface area (TPSA) is 68.4 Å². The maximum atomic E-state index is 11.2. The van der Waals surface area contributed by atoms with Crippen LogP contribution in [0.1, 0.15) is 0 Å². The fourth-order valence-electron chi connectivity index (χ4n) is 1.21. The van der Waals surface area contributed by atoms with Crippen LogP contribution >= 0.6 is 0 Å². The molecule has 2 rings (SSSR count). The Morgan fingerprint density at radius 3 is 2.85 bits per heavy atom. The molecule has 1 heterocycles. The first-order chi connectivity index (χ1) is 6.20. The molecular formula is C8H7N2O3+. The number of hydrogen-bond acceptors (Lipinski definition) is 3. The Hall–Kier alpha value is -2.04. The lowest BCUT2D eigenvalue weighted by molar-refractivity contribution is -0.465. The van der Waals surface area contributed by atoms with Crippen molar-refractivity contribution < 1.29 is 14.7 Å². The van der Waals surface area contributed by atoms with Crippen molar-refractivity contribution >= 4 is 11.0 Å². The molecule has 2 N–H and O–H groups in total. The van der Waals surface area contributed by atoms with Gasteiger partial charge in [-0.3, -0.25) is 0 Å². The summed E-state index contributed by atoms with van der Waals surface area (Å²) < 4.78 is 1.28. The molecule has 0 atom stereocenters. The molecule has 5 heteroatoms. The average Bonchev–Trinajstić information content (AvgIpc) is 2.12. The molecule has 0 fully saturated rings. The fraction of sp³-hybridized carbons (Fsp3) is 0. The van der Waals surface area contributed by atoms with Gasteiger partial charge >= 0.3 is 5.52 Å². The summed E-state index contributed by atoms with van der Waals surface area (Å²) in [6.07, 6.45) is 2.32. The smallest absolute Gasteiger partial charge is 0.330 e. The Labute approximate surface area is 72.7 Å². The van der Waals surface area contributed by atoms with Crippen molar-refractivity contribution in [1.29, 1.82) is 0 Å². The van der Waals surface area contributed by atoms with E-state index in [9.17, 15) is 15.2 Å². The molecular weight excluding hydrogens is 172 g/mol. The number of benzene rings is 1. The second kappa shape index (κ2) is 2.48. The standard InChI is InChI=1S/C8H6N2O3/c11-7-3-1-2-6-8(7)10(13)5-4-9(6)12/h1-5,12H/p+1. The lowest BCUT2D eigenvalue weighted by Crippen LogP contribution is -2.16. The molecule has 0 amide bonds. The van der Waals surface area contributed by atoms with Crippen LogP contribution in [0.5, 0.6) is 5.75 Å². The van der Waals surface area contributed by atoms with E-state index in [1.807, 2.05) is 0 Å². The van der Waals surface area contributed by atoms with Crippen LogP contribution < -0.4 is 4.43 Å². The third-order valence-corrected chi connectivity index (χ3v) is 1.80. The fourth-order valence-corrected chi connectivity index (χ4v) is 1.21. The monoisotopic (exact) mass is 179 g/mol. The Morgan fingerprint density at radius 1 is 1.38 bits per heavy atom. The lowest BCUT2D eigenvalue weighted by Gasteiger charge is -1.97. The van der Waals surface area contributed by atoms with E-state index < -0.39 is 0 Å². The molecule has 0 spiro atoms. The summed E-state index contributed by atoms with van der Waals surface area (Å²) >= 11 is 0. The zero-order valence-corrected chi connectivity index (χ0v) is 6.58. The number of aromatic hydroxyl groups is 1. The molecule has 0 unspecified atom stereocenters. The van der Waals surface area contributed by atoms with E-state index >= 15 is 0 Å². The second-order valence-corrected chi connectivity index (χ2v) is 2.61. The maximum absolute atomic E-state index is 11.2. The molecule has 0 saturated heterocycles. The summed E-state index contributed by atoms with van der Waals surface area (Å²) in [4.78, 5) is 11.2. The van der Waals surface area contributed by atoms with Crippen molar-refractivity contribution in [2.75, 3.05) is 0 Å². The van der Waals surface area contributed by atoms with E-state index in [0.29, 0.717) is 4.43 Å². The lowest BCUT2D eigenvalue weighted by atomic mass is 10.3. The van der Waals surface area contributed by atoms with Crippen molar-refractivity contribution in [3.8, 4) is 5.75 Å². The Morgan fingerprint density at radius 2 is 2.15 bits per heavy atom. The molecule has 1 aromatic heterocycles. The molecule has 0 aliphatic rings. The van der Waals surface area contributed by atoms with Crippen LogP contribution in [0.4, 0.5) is 0 Å². The minimum Gasteiger partial charge on any atom is -0.502 e. The highest BCUT2D eigenvalue weighted by Gasteiger charge is 2.13. The van der Waals surface area contributed by atoms with Gasteiger partial charge in [0, 0.05) is 4.91 Å². The van der Waals surface area contributed by atoms with Crippen molar-refractivity contribution in [2.24, 2.45) is 0 Å². The predicted octanol–water partition coefficient (Wildman–Crippen LogP) is 0.499. The minimum atomic E-state index is -0.157. The molecule has 13 heavy (non-hydrogen) atoms. The third kappa shape index (κ3) is 1.01. The Balaban J connectivity index is 3.09. The number of rotatable bonds is 0. The zero-order chi connectivity index (χ0) is 9.42. The number of nitrogens with zero attached hydrogens (tertiary/aromatic N) is 2. The largest absolute Gasteiger partial charge is 0.502 e. The van der Waals surface area contributed by atoms with Gasteiger partial charge < -0.3 is 10.3 Å². The SMILES string of the molecule is O=[n+]1ccn(O)c2cccc(O)c21. The summed E-state index contributed by atoms with van der Waals surface area (Å²) in [5.74, 6) is -0.157. The minimum absolute atomic E-state index is 0.0486. The number of fused-ring (bicyclic) bond motifs is 1. The van der Waals surface area contributed by atoms with Crippen LogP contribution in [0, 0.1) is 4.91 Å². The number of para-hydroxylation sites is 1. The molecule has 0 aliphatic heterocycles.